The number of nitrogens with zero attached hydrogens (tertiary/aromatic N) is 2. The highest BCUT2D eigenvalue weighted by Crippen LogP contribution is 2.30. The Morgan fingerprint density at radius 1 is 1.07 bits per heavy atom. The number of hydrogen-bond donors (Lipinski definition) is 1. The van der Waals surface area contributed by atoms with Gasteiger partial charge >= 0.3 is 0 Å². The number of aromatic nitrogens is 1. The number of pyridine rings is 1. The molecule has 8 heteroatoms. The summed E-state index contributed by atoms with van der Waals surface area (Å²) in [5.41, 5.74) is 1.16. The summed E-state index contributed by atoms with van der Waals surface area (Å²) in [5.74, 6) is 1.12. The van der Waals surface area contributed by atoms with E-state index in [9.17, 15) is 14.9 Å². The highest BCUT2D eigenvalue weighted by Gasteiger charge is 2.06. The Morgan fingerprint density at radius 3 is 2.41 bits per heavy atom. The van der Waals surface area contributed by atoms with E-state index in [1.165, 1.54) is 24.4 Å². The zero-order valence-corrected chi connectivity index (χ0v) is 15.4. The second-order valence-corrected chi connectivity index (χ2v) is 5.81. The molecule has 0 fully saturated rings. The van der Waals surface area contributed by atoms with Crippen molar-refractivity contribution in [3.05, 3.63) is 88.6 Å². The van der Waals surface area contributed by atoms with E-state index >= 15 is 0 Å². The van der Waals surface area contributed by atoms with Gasteiger partial charge in [-0.3, -0.25) is 14.9 Å². The molecule has 0 atom stereocenters. The minimum atomic E-state index is -0.478. The lowest BCUT2D eigenvalue weighted by Gasteiger charge is -2.09. The molecular weight excluding hydrogens is 374 g/mol. The zero-order chi connectivity index (χ0) is 20.6. The molecule has 3 aromatic rings. The molecule has 1 N–H and O–H groups in total. The Balaban J connectivity index is 1.59. The van der Waals surface area contributed by atoms with Crippen LogP contribution in [-0.2, 0) is 4.79 Å². The summed E-state index contributed by atoms with van der Waals surface area (Å²) < 4.78 is 10.9. The zero-order valence-electron chi connectivity index (χ0n) is 15.4. The van der Waals surface area contributed by atoms with Crippen molar-refractivity contribution in [2.24, 2.45) is 0 Å². The maximum absolute atomic E-state index is 12.0. The summed E-state index contributed by atoms with van der Waals surface area (Å²) in [6.45, 7) is 0. The molecule has 0 saturated carbocycles. The van der Waals surface area contributed by atoms with Crippen molar-refractivity contribution in [1.29, 1.82) is 0 Å². The first-order valence-corrected chi connectivity index (χ1v) is 8.55. The Bertz CT molecular complexity index is 1030. The standard InChI is InChI=1S/C21H17N3O5/c1-28-18-4-2-3-5-19(18)29-21-13-9-16(14-22-21)23-20(25)12-8-15-6-10-17(11-7-15)24(26)27/h2-14H,1H3,(H,23,25)/b12-8+. The van der Waals surface area contributed by atoms with Crippen molar-refractivity contribution in [3.8, 4) is 17.4 Å². The second-order valence-electron chi connectivity index (χ2n) is 5.81. The van der Waals surface area contributed by atoms with Gasteiger partial charge in [-0.1, -0.05) is 12.1 Å². The molecule has 146 valence electrons. The number of carbonyl (C=O) groups excluding carboxylic acids is 1. The lowest BCUT2D eigenvalue weighted by atomic mass is 10.2. The van der Waals surface area contributed by atoms with Gasteiger partial charge in [-0.05, 0) is 42.0 Å². The highest BCUT2D eigenvalue weighted by atomic mass is 16.6. The van der Waals surface area contributed by atoms with Gasteiger partial charge in [-0.15, -0.1) is 0 Å². The fraction of sp³-hybridized carbons (Fsp3) is 0.0476. The minimum Gasteiger partial charge on any atom is -0.493 e. The fourth-order valence-electron chi connectivity index (χ4n) is 2.39. The van der Waals surface area contributed by atoms with Gasteiger partial charge in [0.25, 0.3) is 5.69 Å². The van der Waals surface area contributed by atoms with Gasteiger partial charge in [0.1, 0.15) is 0 Å². The van der Waals surface area contributed by atoms with Crippen molar-refractivity contribution in [2.75, 3.05) is 12.4 Å². The van der Waals surface area contributed by atoms with E-state index in [0.717, 1.165) is 0 Å². The number of methoxy groups -OCH3 is 1. The normalized spacial score (nSPS) is 10.5. The largest absolute Gasteiger partial charge is 0.493 e. The van der Waals surface area contributed by atoms with E-state index in [4.69, 9.17) is 9.47 Å². The topological polar surface area (TPSA) is 104 Å². The van der Waals surface area contributed by atoms with Crippen LogP contribution in [0.5, 0.6) is 17.4 Å². The molecule has 3 rings (SSSR count). The van der Waals surface area contributed by atoms with E-state index < -0.39 is 4.92 Å². The van der Waals surface area contributed by atoms with Crippen molar-refractivity contribution >= 4 is 23.4 Å². The molecule has 0 aliphatic rings. The lowest BCUT2D eigenvalue weighted by molar-refractivity contribution is -0.384. The van der Waals surface area contributed by atoms with Gasteiger partial charge in [0.2, 0.25) is 11.8 Å². The number of nitro groups is 1. The highest BCUT2D eigenvalue weighted by molar-refractivity contribution is 6.01. The van der Waals surface area contributed by atoms with E-state index in [0.29, 0.717) is 28.6 Å². The van der Waals surface area contributed by atoms with Crippen LogP contribution in [0.15, 0.2) is 72.9 Å². The molecule has 0 radical (unpaired) electrons. The third kappa shape index (κ3) is 5.39. The monoisotopic (exact) mass is 391 g/mol. The number of benzene rings is 2. The first-order valence-electron chi connectivity index (χ1n) is 8.55. The van der Waals surface area contributed by atoms with Gasteiger partial charge < -0.3 is 14.8 Å². The van der Waals surface area contributed by atoms with E-state index in [-0.39, 0.29) is 11.6 Å². The maximum atomic E-state index is 12.0. The number of non-ortho nitro benzene ring substituents is 1. The predicted molar refractivity (Wildman–Crippen MR) is 108 cm³/mol. The molecule has 1 aromatic heterocycles. The Hall–Kier alpha value is -4.20. The van der Waals surface area contributed by atoms with Gasteiger partial charge in [-0.2, -0.15) is 0 Å². The average Bonchev–Trinajstić information content (AvgIpc) is 2.74. The van der Waals surface area contributed by atoms with Crippen molar-refractivity contribution in [3.63, 3.8) is 0 Å². The van der Waals surface area contributed by atoms with Crippen LogP contribution in [0.2, 0.25) is 0 Å². The van der Waals surface area contributed by atoms with Crippen LogP contribution in [0.25, 0.3) is 6.08 Å². The van der Waals surface area contributed by atoms with Crippen LogP contribution in [0.3, 0.4) is 0 Å². The smallest absolute Gasteiger partial charge is 0.269 e. The number of carbonyl (C=O) groups is 1. The van der Waals surface area contributed by atoms with Crippen LogP contribution in [0.4, 0.5) is 11.4 Å². The lowest BCUT2D eigenvalue weighted by Crippen LogP contribution is -2.07. The number of ether oxygens (including phenoxy) is 2. The van der Waals surface area contributed by atoms with Crippen LogP contribution >= 0.6 is 0 Å². The Kier molecular flexibility index (Phi) is 6.16. The molecule has 29 heavy (non-hydrogen) atoms. The number of para-hydroxylation sites is 2. The Labute approximate surface area is 166 Å². The van der Waals surface area contributed by atoms with Gasteiger partial charge in [0, 0.05) is 24.3 Å². The number of hydrogen-bond acceptors (Lipinski definition) is 6. The number of amides is 1. The second kappa shape index (κ2) is 9.14. The third-order valence-corrected chi connectivity index (χ3v) is 3.82. The molecule has 0 aliphatic heterocycles. The summed E-state index contributed by atoms with van der Waals surface area (Å²) in [6.07, 6.45) is 4.37. The third-order valence-electron chi connectivity index (χ3n) is 3.82. The van der Waals surface area contributed by atoms with Crippen LogP contribution < -0.4 is 14.8 Å². The first-order chi connectivity index (χ1) is 14.0. The number of nitro benzene ring substituents is 1. The fourth-order valence-corrected chi connectivity index (χ4v) is 2.39. The molecule has 1 heterocycles. The Morgan fingerprint density at radius 2 is 1.79 bits per heavy atom. The number of anilines is 1. The number of rotatable bonds is 7. The van der Waals surface area contributed by atoms with E-state index in [2.05, 4.69) is 10.3 Å². The van der Waals surface area contributed by atoms with Crippen molar-refractivity contribution in [1.82, 2.24) is 4.98 Å². The molecule has 0 unspecified atom stereocenters. The van der Waals surface area contributed by atoms with Crippen molar-refractivity contribution in [2.45, 2.75) is 0 Å². The molecule has 0 saturated heterocycles. The van der Waals surface area contributed by atoms with Crippen LogP contribution in [-0.4, -0.2) is 22.9 Å². The van der Waals surface area contributed by atoms with Crippen LogP contribution in [0.1, 0.15) is 5.56 Å². The first kappa shape index (κ1) is 19.6. The maximum Gasteiger partial charge on any atom is 0.269 e. The predicted octanol–water partition coefficient (Wildman–Crippen LogP) is 4.44. The van der Waals surface area contributed by atoms with Gasteiger partial charge in [0.05, 0.1) is 23.9 Å². The molecule has 2 aromatic carbocycles. The summed E-state index contributed by atoms with van der Waals surface area (Å²) in [4.78, 5) is 26.4. The molecule has 0 spiro atoms. The quantitative estimate of drug-likeness (QED) is 0.363. The van der Waals surface area contributed by atoms with E-state index in [1.54, 1.807) is 49.6 Å². The molecular formula is C21H17N3O5. The van der Waals surface area contributed by atoms with Gasteiger partial charge in [0.15, 0.2) is 11.5 Å². The summed E-state index contributed by atoms with van der Waals surface area (Å²) >= 11 is 0. The molecule has 1 amide bonds. The van der Waals surface area contributed by atoms with Crippen LogP contribution in [0, 0.1) is 10.1 Å². The van der Waals surface area contributed by atoms with Crippen molar-refractivity contribution < 1.29 is 19.2 Å². The number of nitrogens with one attached hydrogen (secondary N) is 1. The summed E-state index contributed by atoms with van der Waals surface area (Å²) in [5, 5.41) is 13.3. The molecule has 0 bridgehead atoms. The molecule has 0 aliphatic carbocycles. The van der Waals surface area contributed by atoms with E-state index in [1.807, 2.05) is 12.1 Å². The molecule has 8 nitrogen and oxygen atoms in total. The average molecular weight is 391 g/mol. The minimum absolute atomic E-state index is 0.00638. The summed E-state index contributed by atoms with van der Waals surface area (Å²) in [7, 11) is 1.55. The van der Waals surface area contributed by atoms with Gasteiger partial charge in [-0.25, -0.2) is 4.98 Å². The SMILES string of the molecule is COc1ccccc1Oc1ccc(NC(=O)/C=C/c2ccc([N+](=O)[O-])cc2)cn1. The summed E-state index contributed by atoms with van der Waals surface area (Å²) in [6, 6.07) is 16.4.